The SMILES string of the molecule is CC/C=C\C/C=C\C/C=C\C/C=C\CCCCCCCCC(=O)OCC(COC(=O)CCCCCCC)OC(=O)CCCCCCC. The van der Waals surface area contributed by atoms with E-state index in [1.54, 1.807) is 0 Å². The maximum absolute atomic E-state index is 12.4. The lowest BCUT2D eigenvalue weighted by Gasteiger charge is -2.18. The van der Waals surface area contributed by atoms with Gasteiger partial charge in [-0.1, -0.05) is 146 Å². The molecule has 270 valence electrons. The first-order chi connectivity index (χ1) is 23.0. The van der Waals surface area contributed by atoms with Crippen molar-refractivity contribution < 1.29 is 28.6 Å². The van der Waals surface area contributed by atoms with Crippen molar-refractivity contribution in [1.29, 1.82) is 0 Å². The van der Waals surface area contributed by atoms with E-state index in [4.69, 9.17) is 14.2 Å². The average molecular weight is 659 g/mol. The third kappa shape index (κ3) is 34.5. The van der Waals surface area contributed by atoms with Crippen LogP contribution in [0, 0.1) is 0 Å². The highest BCUT2D eigenvalue weighted by Crippen LogP contribution is 2.12. The Morgan fingerprint density at radius 1 is 0.447 bits per heavy atom. The van der Waals surface area contributed by atoms with E-state index >= 15 is 0 Å². The van der Waals surface area contributed by atoms with Crippen molar-refractivity contribution in [3.05, 3.63) is 48.6 Å². The van der Waals surface area contributed by atoms with Crippen LogP contribution < -0.4 is 0 Å². The van der Waals surface area contributed by atoms with Gasteiger partial charge >= 0.3 is 17.9 Å². The summed E-state index contributed by atoms with van der Waals surface area (Å²) in [6, 6.07) is 0. The van der Waals surface area contributed by atoms with E-state index in [-0.39, 0.29) is 31.1 Å². The molecule has 0 aliphatic heterocycles. The van der Waals surface area contributed by atoms with Gasteiger partial charge in [-0.05, 0) is 57.8 Å². The van der Waals surface area contributed by atoms with Gasteiger partial charge in [-0.25, -0.2) is 0 Å². The lowest BCUT2D eigenvalue weighted by molar-refractivity contribution is -0.167. The number of unbranched alkanes of at least 4 members (excludes halogenated alkanes) is 14. The molecule has 0 amide bonds. The number of hydrogen-bond donors (Lipinski definition) is 0. The summed E-state index contributed by atoms with van der Waals surface area (Å²) in [5.74, 6) is -0.931. The van der Waals surface area contributed by atoms with Crippen LogP contribution >= 0.6 is 0 Å². The summed E-state index contributed by atoms with van der Waals surface area (Å²) in [6.07, 6.45) is 40.1. The molecule has 1 unspecified atom stereocenters. The largest absolute Gasteiger partial charge is 0.462 e. The van der Waals surface area contributed by atoms with E-state index < -0.39 is 6.10 Å². The second kappa shape index (κ2) is 36.2. The van der Waals surface area contributed by atoms with Crippen LogP contribution in [0.4, 0.5) is 0 Å². The third-order valence-electron chi connectivity index (χ3n) is 7.85. The van der Waals surface area contributed by atoms with Gasteiger partial charge in [0.2, 0.25) is 0 Å². The molecule has 0 radical (unpaired) electrons. The molecule has 47 heavy (non-hydrogen) atoms. The summed E-state index contributed by atoms with van der Waals surface area (Å²) >= 11 is 0. The van der Waals surface area contributed by atoms with Gasteiger partial charge in [0, 0.05) is 19.3 Å². The normalized spacial score (nSPS) is 12.5. The van der Waals surface area contributed by atoms with E-state index in [1.807, 2.05) is 0 Å². The second-order valence-electron chi connectivity index (χ2n) is 12.5. The van der Waals surface area contributed by atoms with Gasteiger partial charge < -0.3 is 14.2 Å². The Bertz CT molecular complexity index is 856. The van der Waals surface area contributed by atoms with Crippen molar-refractivity contribution in [2.75, 3.05) is 13.2 Å². The van der Waals surface area contributed by atoms with Crippen LogP contribution in [0.15, 0.2) is 48.6 Å². The predicted molar refractivity (Wildman–Crippen MR) is 196 cm³/mol. The molecule has 0 aliphatic carbocycles. The minimum absolute atomic E-state index is 0.0798. The minimum atomic E-state index is -0.767. The molecule has 6 nitrogen and oxygen atoms in total. The maximum Gasteiger partial charge on any atom is 0.306 e. The summed E-state index contributed by atoms with van der Waals surface area (Å²) in [7, 11) is 0. The zero-order valence-corrected chi connectivity index (χ0v) is 30.5. The number of hydrogen-bond acceptors (Lipinski definition) is 6. The fourth-order valence-electron chi connectivity index (χ4n) is 4.96. The molecule has 0 aromatic heterocycles. The standard InChI is InChI=1S/C41H70O6/c1-4-7-10-13-14-15-16-17-18-19-20-21-22-23-24-25-26-29-31-34-40(43)46-37-38(47-41(44)35-32-28-12-9-6-3)36-45-39(42)33-30-27-11-8-5-2/h7,10,14-15,17-18,20-21,38H,4-6,8-9,11-13,16,19,22-37H2,1-3H3/b10-7-,15-14-,18-17-,21-20-. The third-order valence-corrected chi connectivity index (χ3v) is 7.85. The zero-order valence-electron chi connectivity index (χ0n) is 30.5. The molecular weight excluding hydrogens is 588 g/mol. The molecule has 0 fully saturated rings. The Kier molecular flexibility index (Phi) is 34.2. The number of allylic oxidation sites excluding steroid dienone is 8. The van der Waals surface area contributed by atoms with Crippen LogP contribution in [0.1, 0.15) is 175 Å². The fourth-order valence-corrected chi connectivity index (χ4v) is 4.96. The molecule has 0 aromatic carbocycles. The molecule has 0 saturated heterocycles. The van der Waals surface area contributed by atoms with Crippen molar-refractivity contribution >= 4 is 17.9 Å². The lowest BCUT2D eigenvalue weighted by Crippen LogP contribution is -2.30. The zero-order chi connectivity index (χ0) is 34.5. The van der Waals surface area contributed by atoms with Crippen LogP contribution in [0.2, 0.25) is 0 Å². The van der Waals surface area contributed by atoms with Crippen molar-refractivity contribution in [3.8, 4) is 0 Å². The molecule has 0 spiro atoms. The van der Waals surface area contributed by atoms with Crippen molar-refractivity contribution in [2.24, 2.45) is 0 Å². The van der Waals surface area contributed by atoms with Gasteiger partial charge in [-0.2, -0.15) is 0 Å². The van der Waals surface area contributed by atoms with E-state index in [1.165, 1.54) is 25.7 Å². The lowest BCUT2D eigenvalue weighted by atomic mass is 10.1. The van der Waals surface area contributed by atoms with Crippen molar-refractivity contribution in [1.82, 2.24) is 0 Å². The summed E-state index contributed by atoms with van der Waals surface area (Å²) in [5.41, 5.74) is 0. The van der Waals surface area contributed by atoms with Crippen molar-refractivity contribution in [2.45, 2.75) is 181 Å². The number of rotatable bonds is 33. The quantitative estimate of drug-likeness (QED) is 0.0302. The van der Waals surface area contributed by atoms with E-state index in [9.17, 15) is 14.4 Å². The van der Waals surface area contributed by atoms with Crippen LogP contribution in [-0.4, -0.2) is 37.2 Å². The number of ether oxygens (including phenoxy) is 3. The first-order valence-corrected chi connectivity index (χ1v) is 19.1. The molecule has 6 heteroatoms. The Balaban J connectivity index is 4.12. The van der Waals surface area contributed by atoms with Gasteiger partial charge in [-0.15, -0.1) is 0 Å². The Hall–Kier alpha value is -2.63. The molecule has 0 saturated carbocycles. The molecule has 0 aliphatic rings. The van der Waals surface area contributed by atoms with Crippen LogP contribution in [0.5, 0.6) is 0 Å². The highest BCUT2D eigenvalue weighted by molar-refractivity contribution is 5.71. The van der Waals surface area contributed by atoms with Gasteiger partial charge in [0.05, 0.1) is 0 Å². The van der Waals surface area contributed by atoms with Crippen LogP contribution in [-0.2, 0) is 28.6 Å². The van der Waals surface area contributed by atoms with Gasteiger partial charge in [0.15, 0.2) is 6.10 Å². The molecule has 0 aromatic rings. The van der Waals surface area contributed by atoms with E-state index in [2.05, 4.69) is 69.4 Å². The van der Waals surface area contributed by atoms with E-state index in [0.717, 1.165) is 109 Å². The smallest absolute Gasteiger partial charge is 0.306 e. The molecule has 0 bridgehead atoms. The number of esters is 3. The highest BCUT2D eigenvalue weighted by Gasteiger charge is 2.19. The van der Waals surface area contributed by atoms with Crippen LogP contribution in [0.3, 0.4) is 0 Å². The van der Waals surface area contributed by atoms with Gasteiger partial charge in [0.25, 0.3) is 0 Å². The maximum atomic E-state index is 12.4. The first kappa shape index (κ1) is 44.4. The number of carbonyl (C=O) groups is 3. The Labute approximate surface area is 288 Å². The molecule has 0 rings (SSSR count). The summed E-state index contributed by atoms with van der Waals surface area (Å²) in [6.45, 7) is 6.30. The van der Waals surface area contributed by atoms with Crippen LogP contribution in [0.25, 0.3) is 0 Å². The minimum Gasteiger partial charge on any atom is -0.462 e. The first-order valence-electron chi connectivity index (χ1n) is 19.1. The summed E-state index contributed by atoms with van der Waals surface area (Å²) in [5, 5.41) is 0. The van der Waals surface area contributed by atoms with Crippen molar-refractivity contribution in [3.63, 3.8) is 0 Å². The molecule has 1 atom stereocenters. The van der Waals surface area contributed by atoms with E-state index in [0.29, 0.717) is 19.3 Å². The number of carbonyl (C=O) groups excluding carboxylic acids is 3. The van der Waals surface area contributed by atoms with Gasteiger partial charge in [-0.3, -0.25) is 14.4 Å². The van der Waals surface area contributed by atoms with Gasteiger partial charge in [0.1, 0.15) is 13.2 Å². The topological polar surface area (TPSA) is 78.9 Å². The summed E-state index contributed by atoms with van der Waals surface area (Å²) < 4.78 is 16.4. The highest BCUT2D eigenvalue weighted by atomic mass is 16.6. The molecule has 0 N–H and O–H groups in total. The fraction of sp³-hybridized carbons (Fsp3) is 0.732. The summed E-state index contributed by atoms with van der Waals surface area (Å²) in [4.78, 5) is 37.0. The molecule has 0 heterocycles. The predicted octanol–water partition coefficient (Wildman–Crippen LogP) is 11.6. The average Bonchev–Trinajstić information content (AvgIpc) is 3.06. The Morgan fingerprint density at radius 3 is 1.30 bits per heavy atom. The Morgan fingerprint density at radius 2 is 0.830 bits per heavy atom. The second-order valence-corrected chi connectivity index (χ2v) is 12.5. The monoisotopic (exact) mass is 659 g/mol. The molecular formula is C41H70O6.